The van der Waals surface area contributed by atoms with Crippen LogP contribution < -0.4 is 15.5 Å². The molecule has 1 aromatic rings. The molecule has 98 valence electrons. The summed E-state index contributed by atoms with van der Waals surface area (Å²) in [4.78, 5) is 11.4. The van der Waals surface area contributed by atoms with E-state index in [2.05, 4.69) is 10.1 Å². The van der Waals surface area contributed by atoms with Crippen molar-refractivity contribution >= 4 is 18.5 Å². The van der Waals surface area contributed by atoms with Gasteiger partial charge in [-0.05, 0) is 17.6 Å². The monoisotopic (exact) mass is 263 g/mol. The van der Waals surface area contributed by atoms with Crippen LogP contribution in [0.2, 0.25) is 0 Å². The van der Waals surface area contributed by atoms with Crippen molar-refractivity contribution in [2.45, 2.75) is 6.36 Å². The lowest BCUT2D eigenvalue weighted by Crippen LogP contribution is -2.32. The predicted molar refractivity (Wildman–Crippen MR) is 56.3 cm³/mol. The second kappa shape index (κ2) is 5.28. The van der Waals surface area contributed by atoms with Crippen molar-refractivity contribution in [1.82, 2.24) is 5.32 Å². The maximum Gasteiger partial charge on any atom is 0.573 e. The average molecular weight is 263 g/mol. The molecule has 18 heavy (non-hydrogen) atoms. The van der Waals surface area contributed by atoms with Crippen LogP contribution in [0, 0.1) is 0 Å². The molecule has 0 aliphatic heterocycles. The molecule has 5 nitrogen and oxygen atoms in total. The number of benzene rings is 1. The third kappa shape index (κ3) is 3.64. The first kappa shape index (κ1) is 14.3. The minimum atomic E-state index is -4.94. The van der Waals surface area contributed by atoms with Gasteiger partial charge in [0.1, 0.15) is 5.75 Å². The SMILES string of the molecule is CNC(=O)c1cc(B(O)O)ccc1OC(F)(F)F. The zero-order valence-corrected chi connectivity index (χ0v) is 9.15. The first-order valence-corrected chi connectivity index (χ1v) is 4.72. The number of hydrogen-bond acceptors (Lipinski definition) is 4. The van der Waals surface area contributed by atoms with Crippen LogP contribution in [0.15, 0.2) is 18.2 Å². The van der Waals surface area contributed by atoms with Gasteiger partial charge in [0.15, 0.2) is 0 Å². The number of ether oxygens (including phenoxy) is 1. The lowest BCUT2D eigenvalue weighted by atomic mass is 9.79. The zero-order chi connectivity index (χ0) is 13.9. The van der Waals surface area contributed by atoms with Gasteiger partial charge in [-0.1, -0.05) is 6.07 Å². The molecule has 1 rings (SSSR count). The maximum atomic E-state index is 12.1. The number of carbonyl (C=O) groups excluding carboxylic acids is 1. The Morgan fingerprint density at radius 3 is 2.44 bits per heavy atom. The molecular formula is C9H9BF3NO4. The highest BCUT2D eigenvalue weighted by Gasteiger charge is 2.33. The topological polar surface area (TPSA) is 78.8 Å². The number of amides is 1. The normalized spacial score (nSPS) is 11.0. The molecule has 0 heterocycles. The Balaban J connectivity index is 3.21. The van der Waals surface area contributed by atoms with E-state index in [4.69, 9.17) is 10.0 Å². The maximum absolute atomic E-state index is 12.1. The third-order valence-electron chi connectivity index (χ3n) is 2.00. The molecule has 0 aromatic heterocycles. The largest absolute Gasteiger partial charge is 0.573 e. The Morgan fingerprint density at radius 2 is 2.00 bits per heavy atom. The number of alkyl halides is 3. The second-order valence-electron chi connectivity index (χ2n) is 3.26. The standard InChI is InChI=1S/C9H9BF3NO4/c1-14-8(15)6-4-5(10(16)17)2-3-7(6)18-9(11,12)13/h2-4,16-17H,1H3,(H,14,15). The van der Waals surface area contributed by atoms with Crippen molar-refractivity contribution in [1.29, 1.82) is 0 Å². The second-order valence-corrected chi connectivity index (χ2v) is 3.26. The van der Waals surface area contributed by atoms with Crippen molar-refractivity contribution in [3.63, 3.8) is 0 Å². The fourth-order valence-corrected chi connectivity index (χ4v) is 1.23. The summed E-state index contributed by atoms with van der Waals surface area (Å²) in [6, 6.07) is 2.76. The summed E-state index contributed by atoms with van der Waals surface area (Å²) in [6.07, 6.45) is -4.94. The van der Waals surface area contributed by atoms with E-state index in [1.807, 2.05) is 0 Å². The van der Waals surface area contributed by atoms with Gasteiger partial charge in [-0.2, -0.15) is 0 Å². The summed E-state index contributed by atoms with van der Waals surface area (Å²) in [7, 11) is -0.671. The van der Waals surface area contributed by atoms with Gasteiger partial charge >= 0.3 is 13.5 Å². The van der Waals surface area contributed by atoms with E-state index in [1.54, 1.807) is 0 Å². The molecule has 3 N–H and O–H groups in total. The number of nitrogens with one attached hydrogen (secondary N) is 1. The average Bonchev–Trinajstić information content (AvgIpc) is 2.26. The smallest absolute Gasteiger partial charge is 0.423 e. The fraction of sp³-hybridized carbons (Fsp3) is 0.222. The van der Waals surface area contributed by atoms with Gasteiger partial charge in [-0.25, -0.2) is 0 Å². The Kier molecular flexibility index (Phi) is 4.20. The number of hydrogen-bond donors (Lipinski definition) is 3. The zero-order valence-electron chi connectivity index (χ0n) is 9.15. The molecule has 0 aliphatic carbocycles. The van der Waals surface area contributed by atoms with E-state index in [9.17, 15) is 18.0 Å². The summed E-state index contributed by atoms with van der Waals surface area (Å²) in [6.45, 7) is 0. The van der Waals surface area contributed by atoms with E-state index in [-0.39, 0.29) is 5.46 Å². The van der Waals surface area contributed by atoms with Gasteiger partial charge in [-0.3, -0.25) is 4.79 Å². The summed E-state index contributed by atoms with van der Waals surface area (Å²) < 4.78 is 40.0. The first-order chi connectivity index (χ1) is 8.24. The van der Waals surface area contributed by atoms with E-state index < -0.39 is 30.7 Å². The number of halogens is 3. The van der Waals surface area contributed by atoms with Crippen LogP contribution in [-0.2, 0) is 0 Å². The van der Waals surface area contributed by atoms with Crippen molar-refractivity contribution in [3.05, 3.63) is 23.8 Å². The highest BCUT2D eigenvalue weighted by Crippen LogP contribution is 2.25. The molecule has 0 spiro atoms. The van der Waals surface area contributed by atoms with Crippen LogP contribution in [0.4, 0.5) is 13.2 Å². The molecule has 1 aromatic carbocycles. The van der Waals surface area contributed by atoms with Crippen LogP contribution in [0.1, 0.15) is 10.4 Å². The van der Waals surface area contributed by atoms with Crippen molar-refractivity contribution in [2.75, 3.05) is 7.05 Å². The van der Waals surface area contributed by atoms with Gasteiger partial charge in [0.25, 0.3) is 5.91 Å². The fourth-order valence-electron chi connectivity index (χ4n) is 1.23. The highest BCUT2D eigenvalue weighted by atomic mass is 19.4. The minimum absolute atomic E-state index is 0.122. The highest BCUT2D eigenvalue weighted by molar-refractivity contribution is 6.58. The molecule has 0 unspecified atom stereocenters. The van der Waals surface area contributed by atoms with Gasteiger partial charge in [-0.15, -0.1) is 13.2 Å². The molecule has 9 heteroatoms. The summed E-state index contributed by atoms with van der Waals surface area (Å²) >= 11 is 0. The lowest BCUT2D eigenvalue weighted by molar-refractivity contribution is -0.274. The van der Waals surface area contributed by atoms with Crippen LogP contribution in [0.5, 0.6) is 5.75 Å². The molecule has 0 bridgehead atoms. The molecule has 0 aliphatic rings. The van der Waals surface area contributed by atoms with Crippen molar-refractivity contribution in [2.24, 2.45) is 0 Å². The van der Waals surface area contributed by atoms with Gasteiger partial charge in [0.2, 0.25) is 0 Å². The summed E-state index contributed by atoms with van der Waals surface area (Å²) in [5.74, 6) is -1.55. The van der Waals surface area contributed by atoms with Crippen LogP contribution in [0.3, 0.4) is 0 Å². The molecule has 0 radical (unpaired) electrons. The van der Waals surface area contributed by atoms with Crippen molar-refractivity contribution < 1.29 is 32.8 Å². The van der Waals surface area contributed by atoms with Crippen molar-refractivity contribution in [3.8, 4) is 5.75 Å². The molecule has 0 atom stereocenters. The van der Waals surface area contributed by atoms with Crippen LogP contribution in [0.25, 0.3) is 0 Å². The van der Waals surface area contributed by atoms with Crippen LogP contribution >= 0.6 is 0 Å². The molecule has 1 amide bonds. The molecule has 0 saturated heterocycles. The van der Waals surface area contributed by atoms with E-state index in [0.717, 1.165) is 18.2 Å². The molecule has 0 saturated carbocycles. The first-order valence-electron chi connectivity index (χ1n) is 4.72. The van der Waals surface area contributed by atoms with Gasteiger partial charge < -0.3 is 20.1 Å². The number of rotatable bonds is 3. The van der Waals surface area contributed by atoms with Crippen LogP contribution in [-0.4, -0.2) is 36.5 Å². The number of carbonyl (C=O) groups is 1. The Labute approximate surface area is 100 Å². The molecular weight excluding hydrogens is 254 g/mol. The quantitative estimate of drug-likeness (QED) is 0.650. The summed E-state index contributed by atoms with van der Waals surface area (Å²) in [5.41, 5.74) is -0.566. The summed E-state index contributed by atoms with van der Waals surface area (Å²) in [5, 5.41) is 19.9. The Bertz CT molecular complexity index is 450. The van der Waals surface area contributed by atoms with Gasteiger partial charge in [0.05, 0.1) is 5.56 Å². The van der Waals surface area contributed by atoms with Gasteiger partial charge in [0, 0.05) is 7.05 Å². The lowest BCUT2D eigenvalue weighted by Gasteiger charge is -2.13. The van der Waals surface area contributed by atoms with E-state index >= 15 is 0 Å². The Hall–Kier alpha value is -1.74. The third-order valence-corrected chi connectivity index (χ3v) is 2.00. The minimum Gasteiger partial charge on any atom is -0.423 e. The van der Waals surface area contributed by atoms with E-state index in [1.165, 1.54) is 7.05 Å². The Morgan fingerprint density at radius 1 is 1.39 bits per heavy atom. The molecule has 0 fully saturated rings. The predicted octanol–water partition coefficient (Wildman–Crippen LogP) is -0.375. The van der Waals surface area contributed by atoms with E-state index in [0.29, 0.717) is 0 Å².